The molecule has 7 nitrogen and oxygen atoms in total. The summed E-state index contributed by atoms with van der Waals surface area (Å²) in [4.78, 5) is 24.5. The summed E-state index contributed by atoms with van der Waals surface area (Å²) in [5.41, 5.74) is 2.31. The fraction of sp³-hybridized carbons (Fsp3) is 0.481. The van der Waals surface area contributed by atoms with Crippen molar-refractivity contribution >= 4 is 11.9 Å². The molecule has 1 fully saturated rings. The molecule has 0 radical (unpaired) electrons. The van der Waals surface area contributed by atoms with Crippen molar-refractivity contribution in [2.75, 3.05) is 14.2 Å². The average Bonchev–Trinajstić information content (AvgIpc) is 3.18. The molecule has 1 saturated carbocycles. The first-order valence-electron chi connectivity index (χ1n) is 12.0. The van der Waals surface area contributed by atoms with Crippen molar-refractivity contribution < 1.29 is 28.9 Å². The summed E-state index contributed by atoms with van der Waals surface area (Å²) in [7, 11) is 3.12. The average molecular weight is 468 g/mol. The Kier molecular flexibility index (Phi) is 6.73. The van der Waals surface area contributed by atoms with Crippen molar-refractivity contribution in [2.45, 2.75) is 58.6 Å². The van der Waals surface area contributed by atoms with Crippen LogP contribution in [0.25, 0.3) is 11.1 Å². The van der Waals surface area contributed by atoms with Crippen LogP contribution in [0.4, 0.5) is 0 Å². The van der Waals surface area contributed by atoms with Crippen LogP contribution >= 0.6 is 0 Å². The van der Waals surface area contributed by atoms with Crippen LogP contribution in [0.2, 0.25) is 0 Å². The van der Waals surface area contributed by atoms with E-state index in [1.165, 1.54) is 0 Å². The Morgan fingerprint density at radius 1 is 1.06 bits per heavy atom. The highest BCUT2D eigenvalue weighted by molar-refractivity contribution is 5.99. The third kappa shape index (κ3) is 3.87. The van der Waals surface area contributed by atoms with Crippen LogP contribution in [0.15, 0.2) is 30.3 Å². The monoisotopic (exact) mass is 467 g/mol. The topological polar surface area (TPSA) is 94.1 Å². The lowest BCUT2D eigenvalue weighted by Gasteiger charge is -2.46. The number of fused-ring (bicyclic) bond motifs is 1. The molecule has 2 aliphatic rings. The number of hydrogen-bond acceptors (Lipinski definition) is 5. The van der Waals surface area contributed by atoms with E-state index in [2.05, 4.69) is 19.2 Å². The maximum atomic E-state index is 12.5. The van der Waals surface area contributed by atoms with Crippen molar-refractivity contribution in [3.05, 3.63) is 41.5 Å². The first-order valence-corrected chi connectivity index (χ1v) is 12.0. The summed E-state index contributed by atoms with van der Waals surface area (Å²) >= 11 is 0. The lowest BCUT2D eigenvalue weighted by Crippen LogP contribution is -2.53. The number of methoxy groups -OCH3 is 2. The molecule has 2 N–H and O–H groups in total. The number of nitrogens with one attached hydrogen (secondary N) is 1. The van der Waals surface area contributed by atoms with Gasteiger partial charge in [0, 0.05) is 17.7 Å². The molecular formula is C27H33NO6. The number of carboxylic acid groups (broad SMARTS) is 1. The van der Waals surface area contributed by atoms with E-state index in [9.17, 15) is 14.7 Å². The minimum Gasteiger partial charge on any atom is -0.493 e. The van der Waals surface area contributed by atoms with Gasteiger partial charge < -0.3 is 24.6 Å². The number of amides is 1. The lowest BCUT2D eigenvalue weighted by molar-refractivity contribution is -0.167. The Labute approximate surface area is 200 Å². The molecule has 2 aromatic rings. The molecule has 1 atom stereocenters. The molecule has 1 amide bonds. The highest BCUT2D eigenvalue weighted by atomic mass is 16.5. The lowest BCUT2D eigenvalue weighted by atomic mass is 9.61. The second-order valence-corrected chi connectivity index (χ2v) is 9.16. The van der Waals surface area contributed by atoms with E-state index in [-0.39, 0.29) is 11.8 Å². The van der Waals surface area contributed by atoms with Gasteiger partial charge in [-0.1, -0.05) is 26.3 Å². The van der Waals surface area contributed by atoms with Gasteiger partial charge in [0.05, 0.1) is 14.2 Å². The number of aliphatic carboxylic acids is 1. The maximum Gasteiger partial charge on any atom is 0.313 e. The third-order valence-electron chi connectivity index (χ3n) is 7.54. The van der Waals surface area contributed by atoms with Crippen LogP contribution < -0.4 is 19.5 Å². The molecule has 1 aliphatic heterocycles. The molecule has 0 aromatic heterocycles. The highest BCUT2D eigenvalue weighted by Gasteiger charge is 2.54. The van der Waals surface area contributed by atoms with Crippen LogP contribution in [-0.2, 0) is 11.3 Å². The molecule has 34 heavy (non-hydrogen) atoms. The molecule has 1 unspecified atom stereocenters. The Balaban J connectivity index is 1.87. The maximum absolute atomic E-state index is 12.5. The Bertz CT molecular complexity index is 1090. The fourth-order valence-corrected chi connectivity index (χ4v) is 5.32. The largest absolute Gasteiger partial charge is 0.493 e. The molecule has 7 heteroatoms. The molecule has 2 aromatic carbocycles. The molecule has 1 heterocycles. The Morgan fingerprint density at radius 2 is 1.76 bits per heavy atom. The summed E-state index contributed by atoms with van der Waals surface area (Å²) in [5, 5.41) is 13.1. The van der Waals surface area contributed by atoms with E-state index < -0.39 is 17.5 Å². The Hall–Kier alpha value is -3.22. The molecule has 0 saturated heterocycles. The van der Waals surface area contributed by atoms with Crippen molar-refractivity contribution in [2.24, 2.45) is 11.3 Å². The van der Waals surface area contributed by atoms with Gasteiger partial charge in [0.25, 0.3) is 5.91 Å². The SMILES string of the molecule is CCC(CC)C(Oc1c(-c2ccc3c(c2)CNC3=O)ccc(OC)c1OC)C1(C(=O)O)CCC1. The summed E-state index contributed by atoms with van der Waals surface area (Å²) < 4.78 is 18.0. The predicted molar refractivity (Wildman–Crippen MR) is 129 cm³/mol. The van der Waals surface area contributed by atoms with Crippen LogP contribution in [0, 0.1) is 11.3 Å². The zero-order chi connectivity index (χ0) is 24.5. The molecule has 1 aliphatic carbocycles. The summed E-state index contributed by atoms with van der Waals surface area (Å²) in [5.74, 6) is 0.616. The number of carbonyl (C=O) groups excluding carboxylic acids is 1. The molecule has 182 valence electrons. The zero-order valence-electron chi connectivity index (χ0n) is 20.3. The van der Waals surface area contributed by atoms with Crippen molar-refractivity contribution in [1.29, 1.82) is 0 Å². The van der Waals surface area contributed by atoms with Crippen LogP contribution in [0.1, 0.15) is 61.9 Å². The van der Waals surface area contributed by atoms with Crippen molar-refractivity contribution in [1.82, 2.24) is 5.32 Å². The number of benzene rings is 2. The van der Waals surface area contributed by atoms with Gasteiger partial charge in [-0.2, -0.15) is 0 Å². The second kappa shape index (κ2) is 9.57. The van der Waals surface area contributed by atoms with Gasteiger partial charge in [-0.3, -0.25) is 9.59 Å². The van der Waals surface area contributed by atoms with Crippen molar-refractivity contribution in [3.8, 4) is 28.4 Å². The van der Waals surface area contributed by atoms with Crippen LogP contribution in [-0.4, -0.2) is 37.3 Å². The number of ether oxygens (including phenoxy) is 3. The minimum atomic E-state index is -0.920. The van der Waals surface area contributed by atoms with E-state index in [1.54, 1.807) is 14.2 Å². The standard InChI is InChI=1S/C27H33NO6/c1-5-16(6-2)24(27(26(30)31)12-7-13-27)34-22-19(10-11-21(32-3)23(22)33-4)17-8-9-20-18(14-17)15-28-25(20)29/h8-11,14,16,24H,5-7,12-13,15H2,1-4H3,(H,28,29)(H,30,31). The van der Waals surface area contributed by atoms with Crippen molar-refractivity contribution in [3.63, 3.8) is 0 Å². The first kappa shape index (κ1) is 23.9. The Morgan fingerprint density at radius 3 is 2.32 bits per heavy atom. The summed E-state index contributed by atoms with van der Waals surface area (Å²) in [6, 6.07) is 9.40. The number of carboxylic acids is 1. The number of hydrogen-bond donors (Lipinski definition) is 2. The van der Waals surface area contributed by atoms with Gasteiger partial charge in [-0.15, -0.1) is 0 Å². The molecule has 0 spiro atoms. The van der Waals surface area contributed by atoms with Crippen LogP contribution in [0.5, 0.6) is 17.2 Å². The molecular weight excluding hydrogens is 434 g/mol. The van der Waals surface area contributed by atoms with E-state index in [1.807, 2.05) is 30.3 Å². The summed E-state index contributed by atoms with van der Waals surface area (Å²) in [6.07, 6.45) is 3.18. The minimum absolute atomic E-state index is 0.0713. The van der Waals surface area contributed by atoms with Gasteiger partial charge in [-0.25, -0.2) is 0 Å². The van der Waals surface area contributed by atoms with Gasteiger partial charge in [0.1, 0.15) is 11.5 Å². The van der Waals surface area contributed by atoms with Gasteiger partial charge in [0.2, 0.25) is 5.75 Å². The quantitative estimate of drug-likeness (QED) is 0.508. The third-order valence-corrected chi connectivity index (χ3v) is 7.54. The zero-order valence-corrected chi connectivity index (χ0v) is 20.3. The molecule has 0 bridgehead atoms. The second-order valence-electron chi connectivity index (χ2n) is 9.16. The number of carbonyl (C=O) groups is 2. The summed E-state index contributed by atoms with van der Waals surface area (Å²) in [6.45, 7) is 4.63. The van der Waals surface area contributed by atoms with E-state index in [4.69, 9.17) is 14.2 Å². The van der Waals surface area contributed by atoms with E-state index >= 15 is 0 Å². The molecule has 4 rings (SSSR count). The van der Waals surface area contributed by atoms with Gasteiger partial charge in [0.15, 0.2) is 11.5 Å². The predicted octanol–water partition coefficient (Wildman–Crippen LogP) is 5.05. The van der Waals surface area contributed by atoms with E-state index in [0.29, 0.717) is 42.2 Å². The normalized spacial score (nSPS) is 16.9. The number of rotatable bonds is 10. The van der Waals surface area contributed by atoms with Gasteiger partial charge >= 0.3 is 5.97 Å². The van der Waals surface area contributed by atoms with Gasteiger partial charge in [-0.05, 0) is 67.0 Å². The smallest absolute Gasteiger partial charge is 0.313 e. The first-order chi connectivity index (χ1) is 16.4. The van der Waals surface area contributed by atoms with Crippen LogP contribution in [0.3, 0.4) is 0 Å². The van der Waals surface area contributed by atoms with E-state index in [0.717, 1.165) is 36.0 Å². The fourth-order valence-electron chi connectivity index (χ4n) is 5.32. The highest BCUT2D eigenvalue weighted by Crippen LogP contribution is 2.52.